The first-order chi connectivity index (χ1) is 9.88. The summed E-state index contributed by atoms with van der Waals surface area (Å²) >= 11 is 16.4. The van der Waals surface area contributed by atoms with Crippen LogP contribution in [0.25, 0.3) is 0 Å². The summed E-state index contributed by atoms with van der Waals surface area (Å²) in [5.74, 6) is -0.239. The maximum absolute atomic E-state index is 12.2. The van der Waals surface area contributed by atoms with Gasteiger partial charge in [-0.2, -0.15) is 0 Å². The molecule has 0 aliphatic carbocycles. The summed E-state index contributed by atoms with van der Waals surface area (Å²) < 4.78 is 1.60. The average Bonchev–Trinajstić information content (AvgIpc) is 2.43. The second-order valence-corrected chi connectivity index (χ2v) is 7.01. The van der Waals surface area contributed by atoms with E-state index in [0.717, 1.165) is 9.13 Å². The highest BCUT2D eigenvalue weighted by Gasteiger charge is 2.11. The van der Waals surface area contributed by atoms with Crippen LogP contribution in [0.3, 0.4) is 0 Å². The van der Waals surface area contributed by atoms with Crippen LogP contribution in [0, 0.1) is 3.57 Å². The maximum atomic E-state index is 12.2. The third-order valence-corrected chi connectivity index (χ3v) is 5.15. The summed E-state index contributed by atoms with van der Waals surface area (Å²) in [7, 11) is 0. The Labute approximate surface area is 154 Å². The average molecular weight is 496 g/mol. The van der Waals surface area contributed by atoms with Gasteiger partial charge in [0.25, 0.3) is 5.91 Å². The van der Waals surface area contributed by atoms with Crippen molar-refractivity contribution < 1.29 is 4.79 Å². The molecule has 0 fully saturated rings. The molecule has 0 unspecified atom stereocenters. The van der Waals surface area contributed by atoms with Crippen LogP contribution in [0.5, 0.6) is 0 Å². The van der Waals surface area contributed by atoms with E-state index in [9.17, 15) is 4.79 Å². The molecule has 0 heterocycles. The Hall–Kier alpha value is -0.700. The molecule has 1 amide bonds. The van der Waals surface area contributed by atoms with Gasteiger partial charge in [-0.3, -0.25) is 4.79 Å². The van der Waals surface area contributed by atoms with Crippen molar-refractivity contribution in [2.45, 2.75) is 0 Å². The van der Waals surface area contributed by atoms with E-state index >= 15 is 0 Å². The standard InChI is InChI=1S/C14H9BrClIN2OS/c15-9-5-7(13(18)21)2-4-12(9)19-14(20)8-1-3-11(17)10(16)6-8/h1-6H,(H2,18,21)(H,19,20). The molecule has 21 heavy (non-hydrogen) atoms. The lowest BCUT2D eigenvalue weighted by Crippen LogP contribution is -2.13. The second kappa shape index (κ2) is 7.04. The van der Waals surface area contributed by atoms with Crippen molar-refractivity contribution in [3.63, 3.8) is 0 Å². The van der Waals surface area contributed by atoms with Gasteiger partial charge in [-0.25, -0.2) is 0 Å². The van der Waals surface area contributed by atoms with Gasteiger partial charge >= 0.3 is 0 Å². The zero-order chi connectivity index (χ0) is 15.6. The number of hydrogen-bond acceptors (Lipinski definition) is 2. The van der Waals surface area contributed by atoms with Gasteiger partial charge in [0.1, 0.15) is 4.99 Å². The molecule has 3 nitrogen and oxygen atoms in total. The molecule has 2 aromatic rings. The molecule has 3 N–H and O–H groups in total. The normalized spacial score (nSPS) is 10.2. The molecule has 2 rings (SSSR count). The highest BCUT2D eigenvalue weighted by molar-refractivity contribution is 14.1. The molecule has 7 heteroatoms. The van der Waals surface area contributed by atoms with Crippen LogP contribution in [-0.4, -0.2) is 10.9 Å². The van der Waals surface area contributed by atoms with Gasteiger partial charge in [-0.05, 0) is 74.9 Å². The molecule has 0 aromatic heterocycles. The van der Waals surface area contributed by atoms with Crippen molar-refractivity contribution in [1.29, 1.82) is 0 Å². The Bertz CT molecular complexity index is 739. The third kappa shape index (κ3) is 4.15. The van der Waals surface area contributed by atoms with Crippen molar-refractivity contribution in [1.82, 2.24) is 0 Å². The minimum atomic E-state index is -0.239. The predicted molar refractivity (Wildman–Crippen MR) is 102 cm³/mol. The van der Waals surface area contributed by atoms with Gasteiger partial charge in [0.2, 0.25) is 0 Å². The topological polar surface area (TPSA) is 55.1 Å². The number of carbonyl (C=O) groups excluding carboxylic acids is 1. The summed E-state index contributed by atoms with van der Waals surface area (Å²) in [6.07, 6.45) is 0. The van der Waals surface area contributed by atoms with Crippen LogP contribution in [0.1, 0.15) is 15.9 Å². The molecule has 0 saturated heterocycles. The van der Waals surface area contributed by atoms with Gasteiger partial charge in [-0.1, -0.05) is 23.8 Å². The van der Waals surface area contributed by atoms with Gasteiger partial charge in [-0.15, -0.1) is 0 Å². The number of amides is 1. The zero-order valence-electron chi connectivity index (χ0n) is 10.5. The molecule has 0 spiro atoms. The fraction of sp³-hybridized carbons (Fsp3) is 0. The van der Waals surface area contributed by atoms with E-state index in [0.29, 0.717) is 25.7 Å². The van der Waals surface area contributed by atoms with Gasteiger partial charge < -0.3 is 11.1 Å². The monoisotopic (exact) mass is 494 g/mol. The van der Waals surface area contributed by atoms with Crippen LogP contribution < -0.4 is 11.1 Å². The van der Waals surface area contributed by atoms with Crippen molar-refractivity contribution in [2.24, 2.45) is 5.73 Å². The lowest BCUT2D eigenvalue weighted by atomic mass is 10.2. The Morgan fingerprint density at radius 1 is 1.24 bits per heavy atom. The second-order valence-electron chi connectivity index (χ2n) is 4.14. The number of thiocarbonyl (C=S) groups is 1. The van der Waals surface area contributed by atoms with Crippen molar-refractivity contribution in [3.8, 4) is 0 Å². The van der Waals surface area contributed by atoms with E-state index in [-0.39, 0.29) is 5.91 Å². The van der Waals surface area contributed by atoms with Crippen LogP contribution in [-0.2, 0) is 0 Å². The Morgan fingerprint density at radius 2 is 1.90 bits per heavy atom. The third-order valence-electron chi connectivity index (χ3n) is 2.68. The highest BCUT2D eigenvalue weighted by atomic mass is 127. The number of rotatable bonds is 3. The number of carbonyl (C=O) groups is 1. The number of hydrogen-bond donors (Lipinski definition) is 2. The smallest absolute Gasteiger partial charge is 0.255 e. The lowest BCUT2D eigenvalue weighted by Gasteiger charge is -2.09. The minimum Gasteiger partial charge on any atom is -0.389 e. The molecule has 0 bridgehead atoms. The van der Waals surface area contributed by atoms with Crippen molar-refractivity contribution >= 4 is 78.9 Å². The number of nitrogens with two attached hydrogens (primary N) is 1. The quantitative estimate of drug-likeness (QED) is 0.484. The van der Waals surface area contributed by atoms with E-state index in [4.69, 9.17) is 29.6 Å². The molecule has 0 radical (unpaired) electrons. The summed E-state index contributed by atoms with van der Waals surface area (Å²) in [6.45, 7) is 0. The molecule has 0 saturated carbocycles. The minimum absolute atomic E-state index is 0.239. The molecule has 108 valence electrons. The largest absolute Gasteiger partial charge is 0.389 e. The van der Waals surface area contributed by atoms with Crippen LogP contribution in [0.15, 0.2) is 40.9 Å². The first kappa shape index (κ1) is 16.7. The fourth-order valence-corrected chi connectivity index (χ4v) is 2.72. The summed E-state index contributed by atoms with van der Waals surface area (Å²) in [5, 5.41) is 3.36. The van der Waals surface area contributed by atoms with E-state index < -0.39 is 0 Å². The van der Waals surface area contributed by atoms with E-state index in [1.807, 2.05) is 0 Å². The van der Waals surface area contributed by atoms with E-state index in [1.165, 1.54) is 0 Å². The lowest BCUT2D eigenvalue weighted by molar-refractivity contribution is 0.102. The van der Waals surface area contributed by atoms with Gasteiger partial charge in [0.05, 0.1) is 10.7 Å². The Morgan fingerprint density at radius 3 is 2.48 bits per heavy atom. The predicted octanol–water partition coefficient (Wildman–Crippen LogP) is 4.59. The first-order valence-electron chi connectivity index (χ1n) is 5.74. The van der Waals surface area contributed by atoms with E-state index in [2.05, 4.69) is 43.8 Å². The Kier molecular flexibility index (Phi) is 5.59. The number of benzene rings is 2. The molecule has 0 atom stereocenters. The molecule has 0 aliphatic heterocycles. The first-order valence-corrected chi connectivity index (χ1v) is 8.40. The SMILES string of the molecule is NC(=S)c1ccc(NC(=O)c2ccc(I)c(Cl)c2)c(Br)c1. The van der Waals surface area contributed by atoms with E-state index in [1.54, 1.807) is 36.4 Å². The Balaban J connectivity index is 2.23. The number of anilines is 1. The molecular weight excluding hydrogens is 486 g/mol. The van der Waals surface area contributed by atoms with Crippen LogP contribution in [0.4, 0.5) is 5.69 Å². The summed E-state index contributed by atoms with van der Waals surface area (Å²) in [4.78, 5) is 12.5. The zero-order valence-corrected chi connectivity index (χ0v) is 15.8. The maximum Gasteiger partial charge on any atom is 0.255 e. The highest BCUT2D eigenvalue weighted by Crippen LogP contribution is 2.25. The number of halogens is 3. The van der Waals surface area contributed by atoms with Crippen molar-refractivity contribution in [2.75, 3.05) is 5.32 Å². The summed E-state index contributed by atoms with van der Waals surface area (Å²) in [6, 6.07) is 10.4. The van der Waals surface area contributed by atoms with Crippen LogP contribution in [0.2, 0.25) is 5.02 Å². The van der Waals surface area contributed by atoms with Gasteiger partial charge in [0.15, 0.2) is 0 Å². The van der Waals surface area contributed by atoms with Crippen LogP contribution >= 0.6 is 62.3 Å². The molecular formula is C14H9BrClIN2OS. The molecule has 0 aliphatic rings. The number of nitrogens with one attached hydrogen (secondary N) is 1. The van der Waals surface area contributed by atoms with Crippen molar-refractivity contribution in [3.05, 3.63) is 60.6 Å². The summed E-state index contributed by atoms with van der Waals surface area (Å²) in [5.41, 5.74) is 7.42. The molecule has 2 aromatic carbocycles. The fourth-order valence-electron chi connectivity index (χ4n) is 1.60. The van der Waals surface area contributed by atoms with Gasteiger partial charge in [0, 0.05) is 19.2 Å².